The largest absolute Gasteiger partial charge is 0.388 e. The van der Waals surface area contributed by atoms with Crippen LogP contribution in [0.4, 0.5) is 5.69 Å². The topological polar surface area (TPSA) is 85.1 Å². The quantitative estimate of drug-likeness (QED) is 0.795. The molecule has 1 atom stereocenters. The van der Waals surface area contributed by atoms with E-state index in [4.69, 9.17) is 18.0 Å². The molecule has 1 aliphatic heterocycles. The molecular formula is C11H15N3O2S2. The molecule has 0 saturated carbocycles. The maximum Gasteiger partial charge on any atom is 0.152 e. The molecule has 3 N–H and O–H groups in total. The zero-order chi connectivity index (χ0) is 13.4. The van der Waals surface area contributed by atoms with Gasteiger partial charge in [0.1, 0.15) is 4.99 Å². The van der Waals surface area contributed by atoms with Gasteiger partial charge in [0, 0.05) is 17.4 Å². The lowest BCUT2D eigenvalue weighted by Gasteiger charge is -2.25. The predicted octanol–water partition coefficient (Wildman–Crippen LogP) is 0.705. The van der Waals surface area contributed by atoms with Crippen molar-refractivity contribution in [3.63, 3.8) is 0 Å². The van der Waals surface area contributed by atoms with Crippen LogP contribution in [0.15, 0.2) is 18.3 Å². The van der Waals surface area contributed by atoms with Gasteiger partial charge in [-0.15, -0.1) is 0 Å². The normalized spacial score (nSPS) is 25.8. The van der Waals surface area contributed by atoms with Gasteiger partial charge in [-0.3, -0.25) is 4.98 Å². The molecule has 0 bridgehead atoms. The first-order valence-corrected chi connectivity index (χ1v) is 7.77. The number of nitrogens with zero attached hydrogens (tertiary/aromatic N) is 1. The van der Waals surface area contributed by atoms with E-state index < -0.39 is 15.4 Å². The summed E-state index contributed by atoms with van der Waals surface area (Å²) in [6.45, 7) is 1.90. The van der Waals surface area contributed by atoms with Crippen molar-refractivity contribution in [2.24, 2.45) is 5.73 Å². The van der Waals surface area contributed by atoms with Crippen LogP contribution in [0, 0.1) is 0 Å². The zero-order valence-corrected chi connectivity index (χ0v) is 11.6. The Hall–Kier alpha value is -1.21. The third-order valence-electron chi connectivity index (χ3n) is 2.96. The number of nitrogens with two attached hydrogens (primary N) is 1. The first-order valence-electron chi connectivity index (χ1n) is 5.54. The SMILES string of the molecule is CC1(Nc2ccnc(C(N)=S)c2)CCS(=O)(=O)C1. The molecule has 0 amide bonds. The number of hydrogen-bond acceptors (Lipinski definition) is 5. The van der Waals surface area contributed by atoms with Crippen LogP contribution in [-0.4, -0.2) is 35.4 Å². The van der Waals surface area contributed by atoms with Gasteiger partial charge in [-0.05, 0) is 25.5 Å². The van der Waals surface area contributed by atoms with Crippen molar-refractivity contribution >= 4 is 32.7 Å². The average Bonchev–Trinajstić information content (AvgIpc) is 2.53. The lowest BCUT2D eigenvalue weighted by atomic mass is 10.0. The Balaban J connectivity index is 2.20. The monoisotopic (exact) mass is 285 g/mol. The van der Waals surface area contributed by atoms with Crippen LogP contribution in [0.25, 0.3) is 0 Å². The molecule has 0 spiro atoms. The minimum Gasteiger partial charge on any atom is -0.388 e. The molecule has 98 valence electrons. The summed E-state index contributed by atoms with van der Waals surface area (Å²) >= 11 is 4.86. The van der Waals surface area contributed by atoms with E-state index >= 15 is 0 Å². The summed E-state index contributed by atoms with van der Waals surface area (Å²) in [4.78, 5) is 4.27. The summed E-state index contributed by atoms with van der Waals surface area (Å²) in [5, 5.41) is 3.23. The lowest BCUT2D eigenvalue weighted by Crippen LogP contribution is -2.35. The highest BCUT2D eigenvalue weighted by atomic mass is 32.2. The molecule has 2 rings (SSSR count). The van der Waals surface area contributed by atoms with Gasteiger partial charge in [0.25, 0.3) is 0 Å². The predicted molar refractivity (Wildman–Crippen MR) is 75.4 cm³/mol. The number of anilines is 1. The van der Waals surface area contributed by atoms with E-state index in [9.17, 15) is 8.42 Å². The summed E-state index contributed by atoms with van der Waals surface area (Å²) in [6, 6.07) is 3.51. The average molecular weight is 285 g/mol. The second-order valence-electron chi connectivity index (χ2n) is 4.82. The molecule has 1 unspecified atom stereocenters. The molecule has 5 nitrogen and oxygen atoms in total. The van der Waals surface area contributed by atoms with Crippen LogP contribution in [0.3, 0.4) is 0 Å². The maximum absolute atomic E-state index is 11.5. The summed E-state index contributed by atoms with van der Waals surface area (Å²) in [5.41, 5.74) is 6.39. The van der Waals surface area contributed by atoms with E-state index in [0.717, 1.165) is 5.69 Å². The Morgan fingerprint density at radius 2 is 2.33 bits per heavy atom. The Labute approximate surface area is 112 Å². The van der Waals surface area contributed by atoms with Gasteiger partial charge in [0.15, 0.2) is 9.84 Å². The number of pyridine rings is 1. The Morgan fingerprint density at radius 1 is 1.61 bits per heavy atom. The van der Waals surface area contributed by atoms with E-state index in [1.54, 1.807) is 18.3 Å². The lowest BCUT2D eigenvalue weighted by molar-refractivity contribution is 0.574. The van der Waals surface area contributed by atoms with E-state index in [1.165, 1.54) is 0 Å². The molecule has 0 aromatic carbocycles. The van der Waals surface area contributed by atoms with Crippen molar-refractivity contribution < 1.29 is 8.42 Å². The first-order chi connectivity index (χ1) is 8.30. The van der Waals surface area contributed by atoms with Crippen LogP contribution in [-0.2, 0) is 9.84 Å². The Bertz CT molecular complexity index is 586. The highest BCUT2D eigenvalue weighted by Gasteiger charge is 2.38. The van der Waals surface area contributed by atoms with Gasteiger partial charge < -0.3 is 11.1 Å². The summed E-state index contributed by atoms with van der Waals surface area (Å²) in [6.07, 6.45) is 2.20. The molecule has 1 aliphatic rings. The third kappa shape index (κ3) is 2.97. The molecule has 1 aromatic heterocycles. The molecule has 1 aromatic rings. The molecular weight excluding hydrogens is 270 g/mol. The highest BCUT2D eigenvalue weighted by Crippen LogP contribution is 2.27. The van der Waals surface area contributed by atoms with Crippen molar-refractivity contribution in [3.8, 4) is 0 Å². The number of rotatable bonds is 3. The van der Waals surface area contributed by atoms with E-state index in [2.05, 4.69) is 10.3 Å². The molecule has 18 heavy (non-hydrogen) atoms. The van der Waals surface area contributed by atoms with Crippen LogP contribution < -0.4 is 11.1 Å². The van der Waals surface area contributed by atoms with Crippen LogP contribution in [0.2, 0.25) is 0 Å². The van der Waals surface area contributed by atoms with Crippen molar-refractivity contribution in [2.75, 3.05) is 16.8 Å². The fraction of sp³-hybridized carbons (Fsp3) is 0.455. The van der Waals surface area contributed by atoms with Crippen molar-refractivity contribution in [2.45, 2.75) is 18.9 Å². The fourth-order valence-electron chi connectivity index (χ4n) is 2.10. The summed E-state index contributed by atoms with van der Waals surface area (Å²) < 4.78 is 23.0. The second-order valence-corrected chi connectivity index (χ2v) is 7.45. The first kappa shape index (κ1) is 13.2. The van der Waals surface area contributed by atoms with Crippen molar-refractivity contribution in [1.82, 2.24) is 4.98 Å². The zero-order valence-electron chi connectivity index (χ0n) is 10.0. The molecule has 1 saturated heterocycles. The van der Waals surface area contributed by atoms with Gasteiger partial charge in [0.2, 0.25) is 0 Å². The minimum absolute atomic E-state index is 0.144. The number of nitrogens with one attached hydrogen (secondary N) is 1. The smallest absolute Gasteiger partial charge is 0.152 e. The third-order valence-corrected chi connectivity index (χ3v) is 5.07. The number of thiocarbonyl (C=S) groups is 1. The van der Waals surface area contributed by atoms with Gasteiger partial charge in [-0.2, -0.15) is 0 Å². The van der Waals surface area contributed by atoms with E-state index in [0.29, 0.717) is 12.1 Å². The van der Waals surface area contributed by atoms with Crippen LogP contribution in [0.5, 0.6) is 0 Å². The van der Waals surface area contributed by atoms with Gasteiger partial charge in [-0.25, -0.2) is 8.42 Å². The molecule has 1 fully saturated rings. The maximum atomic E-state index is 11.5. The Kier molecular flexibility index (Phi) is 3.29. The van der Waals surface area contributed by atoms with Gasteiger partial charge in [0.05, 0.1) is 17.2 Å². The molecule has 0 aliphatic carbocycles. The van der Waals surface area contributed by atoms with Crippen LogP contribution in [0.1, 0.15) is 19.0 Å². The van der Waals surface area contributed by atoms with Gasteiger partial charge in [-0.1, -0.05) is 12.2 Å². The minimum atomic E-state index is -2.93. The number of aromatic nitrogens is 1. The van der Waals surface area contributed by atoms with Crippen molar-refractivity contribution in [1.29, 1.82) is 0 Å². The molecule has 2 heterocycles. The Morgan fingerprint density at radius 3 is 2.89 bits per heavy atom. The van der Waals surface area contributed by atoms with Gasteiger partial charge >= 0.3 is 0 Å². The van der Waals surface area contributed by atoms with E-state index in [-0.39, 0.29) is 16.5 Å². The van der Waals surface area contributed by atoms with E-state index in [1.807, 2.05) is 6.92 Å². The highest BCUT2D eigenvalue weighted by molar-refractivity contribution is 7.91. The number of sulfone groups is 1. The van der Waals surface area contributed by atoms with Crippen molar-refractivity contribution in [3.05, 3.63) is 24.0 Å². The molecule has 7 heteroatoms. The second kappa shape index (κ2) is 4.47. The molecule has 0 radical (unpaired) electrons. The summed E-state index contributed by atoms with van der Waals surface area (Å²) in [5.74, 6) is 0.370. The standard InChI is InChI=1S/C11H15N3O2S2/c1-11(3-5-18(15,16)7-11)14-8-2-4-13-9(6-8)10(12)17/h2,4,6H,3,5,7H2,1H3,(H2,12,17)(H,13,14). The summed E-state index contributed by atoms with van der Waals surface area (Å²) in [7, 11) is -2.93. The van der Waals surface area contributed by atoms with Crippen LogP contribution >= 0.6 is 12.2 Å². The number of hydrogen-bond donors (Lipinski definition) is 2. The fourth-order valence-corrected chi connectivity index (χ4v) is 4.31.